The highest BCUT2D eigenvalue weighted by molar-refractivity contribution is 6.50. The summed E-state index contributed by atoms with van der Waals surface area (Å²) in [6, 6.07) is 0. The van der Waals surface area contributed by atoms with Crippen LogP contribution in [-0.2, 0) is 3.99 Å². The molecule has 0 saturated heterocycles. The maximum Gasteiger partial charge on any atom is 1.03 e. The van der Waals surface area contributed by atoms with Gasteiger partial charge in [0.05, 0.1) is 0 Å². The quantitative estimate of drug-likeness (QED) is 0.372. The minimum absolute atomic E-state index is 1.60. The molecule has 0 aromatic carbocycles. The Labute approximate surface area is 34.9 Å². The van der Waals surface area contributed by atoms with Crippen LogP contribution in [0.5, 0.6) is 0 Å². The first-order valence-electron chi connectivity index (χ1n) is 1.04. The summed E-state index contributed by atoms with van der Waals surface area (Å²) in [5.74, 6) is 0. The van der Waals surface area contributed by atoms with Crippen molar-refractivity contribution >= 4 is 14.8 Å². The Bertz CT molecular complexity index is 37.3. The van der Waals surface area contributed by atoms with Gasteiger partial charge in [0.25, 0.3) is 0 Å². The summed E-state index contributed by atoms with van der Waals surface area (Å²) in [6.45, 7) is 0. The molecule has 0 heterocycles. The Morgan fingerprint density at radius 2 is 1.33 bits per heavy atom. The molecule has 6 heteroatoms. The standard InChI is InChI=1S/Al.FO.3FH/c;1-2;;;/h;;3*1H/q+3;-1;;;/p-3. The van der Waals surface area contributed by atoms with Gasteiger partial charge in [-0.15, -0.1) is 4.53 Å². The summed E-state index contributed by atoms with van der Waals surface area (Å²) in [6.07, 6.45) is 0. The smallest absolute Gasteiger partial charge is 0.512 e. The van der Waals surface area contributed by atoms with Gasteiger partial charge in [-0.3, -0.25) is 0 Å². The van der Waals surface area contributed by atoms with Crippen LogP contribution in [0.2, 0.25) is 0 Å². The average molecular weight is 119 g/mol. The molecule has 0 amide bonds. The normalized spacial score (nSPS) is 12.0. The zero-order valence-corrected chi connectivity index (χ0v) is 3.65. The lowest BCUT2D eigenvalue weighted by Crippen LogP contribution is -2.14. The van der Waals surface area contributed by atoms with Crippen molar-refractivity contribution in [3.05, 3.63) is 0 Å². The molecule has 0 aliphatic carbocycles. The maximum absolute atomic E-state index is 10.4. The van der Waals surface area contributed by atoms with Gasteiger partial charge in [-0.2, -0.15) is 0 Å². The summed E-state index contributed by atoms with van der Waals surface area (Å²) in [5, 5.41) is 0. The third-order valence-corrected chi connectivity index (χ3v) is 0.303. The third kappa shape index (κ3) is 4.21. The summed E-state index contributed by atoms with van der Waals surface area (Å²) < 4.78 is 42.6. The average Bonchev–Trinajstić information content (AvgIpc) is 1.35. The molecule has 0 bridgehead atoms. The van der Waals surface area contributed by atoms with Gasteiger partial charge in [-0.05, 0) is 0 Å². The molecule has 0 atom stereocenters. The van der Waals surface area contributed by atoms with Crippen molar-refractivity contribution in [3.8, 4) is 0 Å². The second kappa shape index (κ2) is 1.78. The first kappa shape index (κ1) is 6.21. The summed E-state index contributed by atoms with van der Waals surface area (Å²) in [5.41, 5.74) is 0. The van der Waals surface area contributed by atoms with E-state index in [2.05, 4.69) is 0 Å². The summed E-state index contributed by atoms with van der Waals surface area (Å²) >= 11 is -6.53. The van der Waals surface area contributed by atoms with Crippen LogP contribution in [0.3, 0.4) is 0 Å². The van der Waals surface area contributed by atoms with Gasteiger partial charge in [0, 0.05) is 0 Å². The predicted molar refractivity (Wildman–Crippen MR) is 11.3 cm³/mol. The Kier molecular flexibility index (Phi) is 1.84. The molecule has 0 unspecified atom stereocenters. The highest BCUT2D eigenvalue weighted by atomic mass is 27.4. The Hall–Kier alpha value is 0.212. The second-order valence-electron chi connectivity index (χ2n) is 0.604. The highest BCUT2D eigenvalue weighted by Gasteiger charge is 2.45. The molecule has 0 N–H and O–H groups in total. The van der Waals surface area contributed by atoms with E-state index < -0.39 is 14.8 Å². The molecule has 0 aromatic heterocycles. The van der Waals surface area contributed by atoms with Gasteiger partial charge < -0.3 is 14.6 Å². The van der Waals surface area contributed by atoms with Gasteiger partial charge in [0.2, 0.25) is 0 Å². The van der Waals surface area contributed by atoms with Crippen molar-refractivity contribution in [2.45, 2.75) is 0 Å². The van der Waals surface area contributed by atoms with E-state index in [9.17, 15) is 15.1 Å². The fourth-order valence-corrected chi connectivity index (χ4v) is 0. The maximum atomic E-state index is 10.4. The lowest BCUT2D eigenvalue weighted by Gasteiger charge is -1.97. The minimum atomic E-state index is -6.53. The largest absolute Gasteiger partial charge is 1.03 e. The van der Waals surface area contributed by atoms with Crippen LogP contribution in [0.15, 0.2) is 0 Å². The second-order valence-corrected chi connectivity index (χ2v) is 1.81. The van der Waals surface area contributed by atoms with E-state index >= 15 is 0 Å². The van der Waals surface area contributed by atoms with Crippen LogP contribution in [-0.4, -0.2) is 14.8 Å². The van der Waals surface area contributed by atoms with Crippen LogP contribution in [0.4, 0.5) is 15.1 Å². The van der Waals surface area contributed by atoms with E-state index in [0.717, 1.165) is 0 Å². The van der Waals surface area contributed by atoms with E-state index in [1.54, 1.807) is 3.99 Å². The molecule has 0 aromatic rings. The monoisotopic (exact) mass is 119 g/mol. The van der Waals surface area contributed by atoms with Crippen molar-refractivity contribution < 1.29 is 19.1 Å². The van der Waals surface area contributed by atoms with Crippen LogP contribution < -0.4 is 0 Å². The van der Waals surface area contributed by atoms with Crippen LogP contribution in [0.1, 0.15) is 0 Å². The molecule has 0 spiro atoms. The van der Waals surface area contributed by atoms with Gasteiger partial charge in [-0.1, -0.05) is 0 Å². The van der Waals surface area contributed by atoms with Gasteiger partial charge >= 0.3 is 14.8 Å². The topological polar surface area (TPSA) is 9.23 Å². The molecule has 0 saturated carbocycles. The number of hydrogen-bond acceptors (Lipinski definition) is 1. The highest BCUT2D eigenvalue weighted by Crippen LogP contribution is 2.08. The van der Waals surface area contributed by atoms with Crippen molar-refractivity contribution in [3.63, 3.8) is 0 Å². The zero-order valence-electron chi connectivity index (χ0n) is 2.50. The predicted octanol–water partition coefficient (Wildman–Crippen LogP) is 1.23. The fraction of sp³-hybridized carbons (Fsp3) is 0. The first-order chi connectivity index (χ1) is 2.56. The lowest BCUT2D eigenvalue weighted by molar-refractivity contribution is -0.0689. The van der Waals surface area contributed by atoms with Crippen LogP contribution >= 0.6 is 0 Å². The van der Waals surface area contributed by atoms with E-state index in [0.29, 0.717) is 0 Å². The molecule has 0 radical (unpaired) electrons. The van der Waals surface area contributed by atoms with E-state index in [1.807, 2.05) is 0 Å². The molecule has 0 aliphatic rings. The molecule has 0 fully saturated rings. The summed E-state index contributed by atoms with van der Waals surface area (Å²) in [4.78, 5) is 0. The summed E-state index contributed by atoms with van der Waals surface area (Å²) in [7, 11) is 0. The van der Waals surface area contributed by atoms with Crippen molar-refractivity contribution in [1.82, 2.24) is 0 Å². The van der Waals surface area contributed by atoms with Gasteiger partial charge in [-0.25, -0.2) is 0 Å². The molecule has 1 nitrogen and oxygen atoms in total. The lowest BCUT2D eigenvalue weighted by atomic mass is 15.6. The number of rotatable bonds is 1. The fourth-order valence-electron chi connectivity index (χ4n) is 0. The molecule has 0 rings (SSSR count). The Morgan fingerprint density at radius 1 is 1.17 bits per heavy atom. The van der Waals surface area contributed by atoms with Crippen molar-refractivity contribution in [2.24, 2.45) is 0 Å². The van der Waals surface area contributed by atoms with Gasteiger partial charge in [0.15, 0.2) is 0 Å². The zero-order chi connectivity index (χ0) is 5.21. The van der Waals surface area contributed by atoms with E-state index in [1.165, 1.54) is 0 Å². The molecular formula is AlF4O-. The van der Waals surface area contributed by atoms with Crippen molar-refractivity contribution in [2.75, 3.05) is 0 Å². The van der Waals surface area contributed by atoms with E-state index in [4.69, 9.17) is 0 Å². The van der Waals surface area contributed by atoms with E-state index in [-0.39, 0.29) is 0 Å². The molecule has 0 aliphatic heterocycles. The minimum Gasteiger partial charge on any atom is -0.512 e. The molecule has 6 heavy (non-hydrogen) atoms. The third-order valence-electron chi connectivity index (χ3n) is 0.101. The number of halogens is 4. The van der Waals surface area contributed by atoms with Crippen LogP contribution in [0.25, 0.3) is 0 Å². The van der Waals surface area contributed by atoms with Crippen LogP contribution in [0, 0.1) is 0 Å². The van der Waals surface area contributed by atoms with Crippen molar-refractivity contribution in [1.29, 1.82) is 0 Å². The first-order valence-corrected chi connectivity index (χ1v) is 2.83. The van der Waals surface area contributed by atoms with Gasteiger partial charge in [0.1, 0.15) is 0 Å². The Balaban J connectivity index is 3.17. The number of hydrogen-bond donors (Lipinski definition) is 0. The SMILES string of the molecule is F[O][Al-]([F])([F])[F]. The molecule has 38 valence electrons. The molecular weight excluding hydrogens is 119 g/mol. The Morgan fingerprint density at radius 3 is 1.33 bits per heavy atom.